The Kier molecular flexibility index (Phi) is 4.56. The van der Waals surface area contributed by atoms with Gasteiger partial charge in [0.1, 0.15) is 0 Å². The van der Waals surface area contributed by atoms with Gasteiger partial charge in [-0.1, -0.05) is 36.4 Å². The van der Waals surface area contributed by atoms with Crippen LogP contribution < -0.4 is 9.80 Å². The second kappa shape index (κ2) is 6.96. The van der Waals surface area contributed by atoms with Crippen molar-refractivity contribution in [1.82, 2.24) is 15.2 Å². The van der Waals surface area contributed by atoms with Crippen molar-refractivity contribution < 1.29 is 9.59 Å². The highest BCUT2D eigenvalue weighted by Gasteiger charge is 2.23. The van der Waals surface area contributed by atoms with Crippen molar-refractivity contribution in [2.75, 3.05) is 23.9 Å². The first-order valence-corrected chi connectivity index (χ1v) is 7.66. The van der Waals surface area contributed by atoms with Gasteiger partial charge >= 0.3 is 0 Å². The molecule has 1 aromatic heterocycles. The van der Waals surface area contributed by atoms with Gasteiger partial charge in [0.2, 0.25) is 11.6 Å². The Morgan fingerprint density at radius 1 is 0.800 bits per heavy atom. The number of para-hydroxylation sites is 2. The summed E-state index contributed by atoms with van der Waals surface area (Å²) in [6.07, 6.45) is 0. The SMILES string of the molecule is CN(C(=O)c1n[nH]c(C(=O)N(C)c2ccccc2)n1)c1ccccc1. The lowest BCUT2D eigenvalue weighted by atomic mass is 10.3. The fourth-order valence-electron chi connectivity index (χ4n) is 2.30. The van der Waals surface area contributed by atoms with Crippen LogP contribution in [0.25, 0.3) is 0 Å². The number of nitrogens with zero attached hydrogens (tertiary/aromatic N) is 4. The average Bonchev–Trinajstić information content (AvgIpc) is 3.17. The summed E-state index contributed by atoms with van der Waals surface area (Å²) in [6.45, 7) is 0. The topological polar surface area (TPSA) is 82.2 Å². The third-order valence-electron chi connectivity index (χ3n) is 3.78. The molecule has 2 amide bonds. The van der Waals surface area contributed by atoms with Crippen LogP contribution in [0.15, 0.2) is 60.7 Å². The molecule has 0 radical (unpaired) electrons. The quantitative estimate of drug-likeness (QED) is 0.793. The smallest absolute Gasteiger partial charge is 0.297 e. The number of hydrogen-bond donors (Lipinski definition) is 1. The summed E-state index contributed by atoms with van der Waals surface area (Å²) in [5.74, 6) is -0.823. The van der Waals surface area contributed by atoms with E-state index in [2.05, 4.69) is 15.2 Å². The number of amides is 2. The maximum atomic E-state index is 12.5. The average molecular weight is 335 g/mol. The maximum absolute atomic E-state index is 12.5. The van der Waals surface area contributed by atoms with Gasteiger partial charge in [-0.15, -0.1) is 5.10 Å². The van der Waals surface area contributed by atoms with E-state index in [-0.39, 0.29) is 17.6 Å². The number of carbonyl (C=O) groups is 2. The number of rotatable bonds is 4. The van der Waals surface area contributed by atoms with Crippen LogP contribution >= 0.6 is 0 Å². The molecule has 0 bridgehead atoms. The molecule has 0 saturated heterocycles. The second-order valence-corrected chi connectivity index (χ2v) is 5.41. The van der Waals surface area contributed by atoms with Crippen molar-refractivity contribution >= 4 is 23.2 Å². The Morgan fingerprint density at radius 3 is 1.80 bits per heavy atom. The first-order chi connectivity index (χ1) is 12.1. The van der Waals surface area contributed by atoms with Gasteiger partial charge in [0, 0.05) is 25.5 Å². The Labute approximate surface area is 144 Å². The van der Waals surface area contributed by atoms with E-state index in [0.717, 1.165) is 5.69 Å². The molecular weight excluding hydrogens is 318 g/mol. The monoisotopic (exact) mass is 335 g/mol. The number of hydrogen-bond acceptors (Lipinski definition) is 4. The van der Waals surface area contributed by atoms with Gasteiger partial charge in [0.15, 0.2) is 0 Å². The van der Waals surface area contributed by atoms with Crippen LogP contribution in [0.4, 0.5) is 11.4 Å². The highest BCUT2D eigenvalue weighted by Crippen LogP contribution is 2.15. The van der Waals surface area contributed by atoms with Crippen molar-refractivity contribution in [2.24, 2.45) is 0 Å². The summed E-state index contributed by atoms with van der Waals surface area (Å²) in [6, 6.07) is 18.3. The van der Waals surface area contributed by atoms with Crippen LogP contribution in [0.3, 0.4) is 0 Å². The molecule has 7 heteroatoms. The lowest BCUT2D eigenvalue weighted by Crippen LogP contribution is -2.28. The van der Waals surface area contributed by atoms with E-state index >= 15 is 0 Å². The Morgan fingerprint density at radius 2 is 1.28 bits per heavy atom. The highest BCUT2D eigenvalue weighted by molar-refractivity contribution is 6.06. The van der Waals surface area contributed by atoms with Gasteiger partial charge in [0.25, 0.3) is 11.8 Å². The van der Waals surface area contributed by atoms with Crippen LogP contribution in [-0.4, -0.2) is 41.1 Å². The molecule has 0 aliphatic carbocycles. The van der Waals surface area contributed by atoms with Crippen LogP contribution in [0.2, 0.25) is 0 Å². The number of aromatic nitrogens is 3. The zero-order valence-corrected chi connectivity index (χ0v) is 13.9. The molecule has 25 heavy (non-hydrogen) atoms. The Hall–Kier alpha value is -3.48. The molecule has 0 aliphatic rings. The molecular formula is C18H17N5O2. The normalized spacial score (nSPS) is 10.3. The second-order valence-electron chi connectivity index (χ2n) is 5.41. The molecule has 3 rings (SSSR count). The molecule has 3 aromatic rings. The number of aromatic amines is 1. The van der Waals surface area contributed by atoms with Crippen molar-refractivity contribution in [3.8, 4) is 0 Å². The lowest BCUT2D eigenvalue weighted by Gasteiger charge is -2.15. The Bertz CT molecular complexity index is 805. The summed E-state index contributed by atoms with van der Waals surface area (Å²) in [7, 11) is 3.27. The van der Waals surface area contributed by atoms with E-state index in [0.29, 0.717) is 5.69 Å². The first-order valence-electron chi connectivity index (χ1n) is 7.66. The maximum Gasteiger partial charge on any atom is 0.297 e. The molecule has 126 valence electrons. The Balaban J connectivity index is 1.78. The van der Waals surface area contributed by atoms with E-state index in [1.807, 2.05) is 48.5 Å². The zero-order valence-electron chi connectivity index (χ0n) is 13.9. The third kappa shape index (κ3) is 3.40. The van der Waals surface area contributed by atoms with Gasteiger partial charge in [-0.25, -0.2) is 0 Å². The van der Waals surface area contributed by atoms with Crippen molar-refractivity contribution in [3.05, 3.63) is 72.3 Å². The first kappa shape index (κ1) is 16.4. The minimum Gasteiger partial charge on any atom is -0.309 e. The van der Waals surface area contributed by atoms with Gasteiger partial charge in [0.05, 0.1) is 0 Å². The van der Waals surface area contributed by atoms with E-state index in [9.17, 15) is 9.59 Å². The third-order valence-corrected chi connectivity index (χ3v) is 3.78. The van der Waals surface area contributed by atoms with E-state index < -0.39 is 5.91 Å². The number of H-pyrrole nitrogens is 1. The molecule has 1 N–H and O–H groups in total. The van der Waals surface area contributed by atoms with Gasteiger partial charge < -0.3 is 9.80 Å². The predicted molar refractivity (Wildman–Crippen MR) is 94.7 cm³/mol. The van der Waals surface area contributed by atoms with Gasteiger partial charge in [-0.3, -0.25) is 14.7 Å². The minimum atomic E-state index is -0.399. The van der Waals surface area contributed by atoms with Crippen LogP contribution in [0.5, 0.6) is 0 Å². The van der Waals surface area contributed by atoms with Gasteiger partial charge in [-0.2, -0.15) is 4.98 Å². The molecule has 0 fully saturated rings. The van der Waals surface area contributed by atoms with Crippen LogP contribution in [0, 0.1) is 0 Å². The van der Waals surface area contributed by atoms with Crippen molar-refractivity contribution in [3.63, 3.8) is 0 Å². The van der Waals surface area contributed by atoms with E-state index in [1.54, 1.807) is 26.2 Å². The molecule has 0 atom stereocenters. The fraction of sp³-hybridized carbons (Fsp3) is 0.111. The standard InChI is InChI=1S/C18H17N5O2/c1-22(13-9-5-3-6-10-13)17(24)15-19-16(21-20-15)18(25)23(2)14-11-7-4-8-12-14/h3-12H,1-2H3,(H,19,20,21). The largest absolute Gasteiger partial charge is 0.309 e. The number of nitrogens with one attached hydrogen (secondary N) is 1. The van der Waals surface area contributed by atoms with E-state index in [1.165, 1.54) is 9.80 Å². The van der Waals surface area contributed by atoms with E-state index in [4.69, 9.17) is 0 Å². The van der Waals surface area contributed by atoms with Crippen LogP contribution in [0.1, 0.15) is 21.2 Å². The molecule has 7 nitrogen and oxygen atoms in total. The highest BCUT2D eigenvalue weighted by atomic mass is 16.2. The number of carbonyl (C=O) groups excluding carboxylic acids is 2. The van der Waals surface area contributed by atoms with Crippen molar-refractivity contribution in [1.29, 1.82) is 0 Å². The van der Waals surface area contributed by atoms with Crippen molar-refractivity contribution in [2.45, 2.75) is 0 Å². The molecule has 0 aliphatic heterocycles. The summed E-state index contributed by atoms with van der Waals surface area (Å²) >= 11 is 0. The van der Waals surface area contributed by atoms with Gasteiger partial charge in [-0.05, 0) is 24.3 Å². The summed E-state index contributed by atoms with van der Waals surface area (Å²) in [4.78, 5) is 31.9. The molecule has 2 aromatic carbocycles. The fourth-order valence-corrected chi connectivity index (χ4v) is 2.30. The molecule has 1 heterocycles. The summed E-state index contributed by atoms with van der Waals surface area (Å²) in [5.41, 5.74) is 1.43. The number of benzene rings is 2. The zero-order chi connectivity index (χ0) is 17.8. The summed E-state index contributed by atoms with van der Waals surface area (Å²) in [5, 5.41) is 6.43. The molecule has 0 spiro atoms. The molecule has 0 unspecified atom stereocenters. The molecule has 0 saturated carbocycles. The predicted octanol–water partition coefficient (Wildman–Crippen LogP) is 2.36. The number of anilines is 2. The lowest BCUT2D eigenvalue weighted by molar-refractivity contribution is 0.0983. The van der Waals surface area contributed by atoms with Crippen LogP contribution in [-0.2, 0) is 0 Å². The minimum absolute atomic E-state index is 0.0103. The summed E-state index contributed by atoms with van der Waals surface area (Å²) < 4.78 is 0.